The molecule has 6 rings (SSSR count). The molecule has 2 aromatic heterocycles. The number of pyridine rings is 1. The molecule has 2 saturated carbocycles. The Bertz CT molecular complexity index is 1260. The number of H-pyrrole nitrogens is 1. The van der Waals surface area contributed by atoms with E-state index in [0.717, 1.165) is 42.4 Å². The van der Waals surface area contributed by atoms with Crippen LogP contribution < -0.4 is 0 Å². The number of nitrogens with zero attached hydrogens (tertiary/aromatic N) is 2. The fraction of sp³-hybridized carbons (Fsp3) is 0.385. The number of hydrogen-bond acceptors (Lipinski definition) is 2. The molecule has 2 heterocycles. The van der Waals surface area contributed by atoms with Crippen molar-refractivity contribution >= 4 is 21.9 Å². The normalized spacial score (nSPS) is 22.5. The van der Waals surface area contributed by atoms with E-state index in [4.69, 9.17) is 0 Å². The van der Waals surface area contributed by atoms with Crippen LogP contribution in [-0.2, 0) is 0 Å². The second-order valence-corrected chi connectivity index (χ2v) is 9.44. The third-order valence-corrected chi connectivity index (χ3v) is 7.44. The van der Waals surface area contributed by atoms with Gasteiger partial charge in [0.1, 0.15) is 11.6 Å². The quantitative estimate of drug-likeness (QED) is 0.375. The molecular formula is C26H24F3N3. The van der Waals surface area contributed by atoms with Crippen molar-refractivity contribution in [3.8, 4) is 0 Å². The lowest BCUT2D eigenvalue weighted by Crippen LogP contribution is -2.22. The summed E-state index contributed by atoms with van der Waals surface area (Å²) >= 11 is 0. The Kier molecular flexibility index (Phi) is 4.70. The van der Waals surface area contributed by atoms with Crippen LogP contribution in [0.4, 0.5) is 13.2 Å². The summed E-state index contributed by atoms with van der Waals surface area (Å²) in [6.45, 7) is 0. The van der Waals surface area contributed by atoms with E-state index in [-0.39, 0.29) is 5.82 Å². The number of benzene rings is 2. The molecule has 0 saturated heterocycles. The fourth-order valence-corrected chi connectivity index (χ4v) is 5.75. The number of hydrogen-bond donors (Lipinski definition) is 1. The second-order valence-electron chi connectivity index (χ2n) is 9.44. The SMILES string of the molecule is Fc1ccc2nccc([C@H]3CC[C@@H](C(c4nc5cc(F)c(F)cc5[nH]4)C4CC4)CC3)c2c1. The highest BCUT2D eigenvalue weighted by molar-refractivity contribution is 5.82. The smallest absolute Gasteiger partial charge is 0.161 e. The summed E-state index contributed by atoms with van der Waals surface area (Å²) in [5.74, 6) is 0.677. The summed E-state index contributed by atoms with van der Waals surface area (Å²) in [5.41, 5.74) is 3.07. The highest BCUT2D eigenvalue weighted by Crippen LogP contribution is 2.51. The van der Waals surface area contributed by atoms with E-state index in [0.29, 0.717) is 34.7 Å². The molecule has 1 N–H and O–H groups in total. The van der Waals surface area contributed by atoms with E-state index in [1.54, 1.807) is 12.1 Å². The second kappa shape index (κ2) is 7.61. The topological polar surface area (TPSA) is 41.6 Å². The van der Waals surface area contributed by atoms with Crippen molar-refractivity contribution < 1.29 is 13.2 Å². The molecule has 1 unspecified atom stereocenters. The lowest BCUT2D eigenvalue weighted by Gasteiger charge is -2.34. The Balaban J connectivity index is 1.26. The zero-order valence-electron chi connectivity index (χ0n) is 17.6. The zero-order chi connectivity index (χ0) is 21.8. The van der Waals surface area contributed by atoms with Crippen molar-refractivity contribution in [2.24, 2.45) is 11.8 Å². The number of fused-ring (bicyclic) bond motifs is 2. The van der Waals surface area contributed by atoms with Crippen molar-refractivity contribution in [1.29, 1.82) is 0 Å². The number of rotatable bonds is 4. The van der Waals surface area contributed by atoms with Gasteiger partial charge in [-0.3, -0.25) is 4.98 Å². The molecule has 164 valence electrons. The van der Waals surface area contributed by atoms with Gasteiger partial charge in [0.2, 0.25) is 0 Å². The third-order valence-electron chi connectivity index (χ3n) is 7.44. The summed E-state index contributed by atoms with van der Waals surface area (Å²) in [7, 11) is 0. The highest BCUT2D eigenvalue weighted by atomic mass is 19.2. The van der Waals surface area contributed by atoms with E-state index < -0.39 is 11.6 Å². The molecule has 0 spiro atoms. The Labute approximate surface area is 184 Å². The Morgan fingerprint density at radius 2 is 1.53 bits per heavy atom. The van der Waals surface area contributed by atoms with Crippen molar-refractivity contribution in [3.63, 3.8) is 0 Å². The first-order chi connectivity index (χ1) is 15.6. The van der Waals surface area contributed by atoms with Crippen molar-refractivity contribution in [3.05, 3.63) is 71.4 Å². The molecule has 2 fully saturated rings. The first-order valence-electron chi connectivity index (χ1n) is 11.5. The van der Waals surface area contributed by atoms with Crippen LogP contribution in [0.25, 0.3) is 21.9 Å². The van der Waals surface area contributed by atoms with Gasteiger partial charge in [-0.1, -0.05) is 0 Å². The maximum absolute atomic E-state index is 13.9. The van der Waals surface area contributed by atoms with Gasteiger partial charge in [-0.25, -0.2) is 18.2 Å². The average molecular weight is 435 g/mol. The molecule has 0 aliphatic heterocycles. The molecule has 4 aromatic rings. The summed E-state index contributed by atoms with van der Waals surface area (Å²) in [6.07, 6.45) is 8.37. The van der Waals surface area contributed by atoms with Gasteiger partial charge in [0.05, 0.1) is 16.6 Å². The Morgan fingerprint density at radius 1 is 0.812 bits per heavy atom. The van der Waals surface area contributed by atoms with Crippen LogP contribution in [0.2, 0.25) is 0 Å². The van der Waals surface area contributed by atoms with Crippen LogP contribution in [0.5, 0.6) is 0 Å². The van der Waals surface area contributed by atoms with Gasteiger partial charge >= 0.3 is 0 Å². The molecule has 2 aliphatic rings. The minimum atomic E-state index is -0.861. The molecular weight excluding hydrogens is 411 g/mol. The minimum Gasteiger partial charge on any atom is -0.342 e. The van der Waals surface area contributed by atoms with Crippen molar-refractivity contribution in [2.45, 2.75) is 50.4 Å². The summed E-state index contributed by atoms with van der Waals surface area (Å²) in [5, 5.41) is 0.913. The molecule has 2 aliphatic carbocycles. The van der Waals surface area contributed by atoms with Crippen LogP contribution in [0, 0.1) is 29.3 Å². The van der Waals surface area contributed by atoms with Gasteiger partial charge in [-0.2, -0.15) is 0 Å². The summed E-state index contributed by atoms with van der Waals surface area (Å²) in [4.78, 5) is 12.3. The summed E-state index contributed by atoms with van der Waals surface area (Å²) < 4.78 is 41.2. The van der Waals surface area contributed by atoms with Gasteiger partial charge in [0, 0.05) is 29.6 Å². The lowest BCUT2D eigenvalue weighted by molar-refractivity contribution is 0.259. The van der Waals surface area contributed by atoms with Crippen LogP contribution >= 0.6 is 0 Å². The number of aromatic amines is 1. The Morgan fingerprint density at radius 3 is 2.28 bits per heavy atom. The molecule has 2 aromatic carbocycles. The van der Waals surface area contributed by atoms with Gasteiger partial charge in [0.25, 0.3) is 0 Å². The van der Waals surface area contributed by atoms with Crippen LogP contribution in [0.3, 0.4) is 0 Å². The van der Waals surface area contributed by atoms with Crippen LogP contribution in [0.15, 0.2) is 42.6 Å². The molecule has 6 heteroatoms. The predicted octanol–water partition coefficient (Wildman–Crippen LogP) is 7.00. The third kappa shape index (κ3) is 3.46. The lowest BCUT2D eigenvalue weighted by atomic mass is 9.72. The number of nitrogens with one attached hydrogen (secondary N) is 1. The molecule has 32 heavy (non-hydrogen) atoms. The van der Waals surface area contributed by atoms with Crippen LogP contribution in [-0.4, -0.2) is 15.0 Å². The van der Waals surface area contributed by atoms with Crippen molar-refractivity contribution in [2.75, 3.05) is 0 Å². The van der Waals surface area contributed by atoms with E-state index in [1.165, 1.54) is 36.6 Å². The van der Waals surface area contributed by atoms with Crippen molar-refractivity contribution in [1.82, 2.24) is 15.0 Å². The maximum Gasteiger partial charge on any atom is 0.161 e. The molecule has 0 bridgehead atoms. The van der Waals surface area contributed by atoms with Gasteiger partial charge in [0.15, 0.2) is 11.6 Å². The Hall–Kier alpha value is -2.89. The van der Waals surface area contributed by atoms with Crippen LogP contribution in [0.1, 0.15) is 61.7 Å². The standard InChI is InChI=1S/C26H24F3N3/c27-17-7-8-22-19(11-17)18(9-10-30-22)14-1-3-15(4-2-14)25(16-5-6-16)26-31-23-12-20(28)21(29)13-24(23)32-26/h7-16,25H,1-6H2,(H,31,32)/t14-,15+,25?. The molecule has 1 atom stereocenters. The van der Waals surface area contributed by atoms with E-state index in [9.17, 15) is 13.2 Å². The van der Waals surface area contributed by atoms with Gasteiger partial charge < -0.3 is 4.98 Å². The van der Waals surface area contributed by atoms with Gasteiger partial charge in [-0.05, 0) is 86.1 Å². The predicted molar refractivity (Wildman–Crippen MR) is 118 cm³/mol. The minimum absolute atomic E-state index is 0.230. The van der Waals surface area contributed by atoms with E-state index in [1.807, 2.05) is 12.3 Å². The fourth-order valence-electron chi connectivity index (χ4n) is 5.75. The summed E-state index contributed by atoms with van der Waals surface area (Å²) in [6, 6.07) is 9.23. The highest BCUT2D eigenvalue weighted by Gasteiger charge is 2.41. The van der Waals surface area contributed by atoms with E-state index >= 15 is 0 Å². The average Bonchev–Trinajstić information content (AvgIpc) is 3.55. The monoisotopic (exact) mass is 435 g/mol. The van der Waals surface area contributed by atoms with E-state index in [2.05, 4.69) is 15.0 Å². The molecule has 0 amide bonds. The number of aromatic nitrogens is 3. The first kappa shape index (κ1) is 19.8. The van der Waals surface area contributed by atoms with Gasteiger partial charge in [-0.15, -0.1) is 0 Å². The first-order valence-corrected chi connectivity index (χ1v) is 11.5. The zero-order valence-corrected chi connectivity index (χ0v) is 17.6. The largest absolute Gasteiger partial charge is 0.342 e. The number of halogens is 3. The molecule has 0 radical (unpaired) electrons. The maximum atomic E-state index is 13.9. The molecule has 3 nitrogen and oxygen atoms in total. The number of imidazole rings is 1.